The van der Waals surface area contributed by atoms with Crippen molar-refractivity contribution in [1.82, 2.24) is 0 Å². The lowest BCUT2D eigenvalue weighted by atomic mass is 10.1. The Bertz CT molecular complexity index is 1460. The van der Waals surface area contributed by atoms with Crippen molar-refractivity contribution in [2.24, 2.45) is 4.99 Å². The van der Waals surface area contributed by atoms with Crippen LogP contribution < -0.4 is 24.4 Å². The number of halogens is 3. The molecule has 0 radical (unpaired) electrons. The molecule has 0 aliphatic carbocycles. The van der Waals surface area contributed by atoms with Crippen LogP contribution in [-0.4, -0.2) is 44.1 Å². The van der Waals surface area contributed by atoms with Crippen molar-refractivity contribution in [2.75, 3.05) is 37.3 Å². The molecular weight excluding hydrogens is 585 g/mol. The van der Waals surface area contributed by atoms with Crippen molar-refractivity contribution >= 4 is 81.0 Å². The monoisotopic (exact) mass is 605 g/mol. The molecule has 12 heteroatoms. The molecule has 202 valence electrons. The van der Waals surface area contributed by atoms with Gasteiger partial charge in [-0.2, -0.15) is 0 Å². The van der Waals surface area contributed by atoms with Gasteiger partial charge in [0.1, 0.15) is 5.70 Å². The zero-order chi connectivity index (χ0) is 28.1. The van der Waals surface area contributed by atoms with Gasteiger partial charge in [0, 0.05) is 0 Å². The largest absolute Gasteiger partial charge is 0.493 e. The van der Waals surface area contributed by atoms with Crippen LogP contribution in [0.4, 0.5) is 11.4 Å². The van der Waals surface area contributed by atoms with E-state index in [1.807, 2.05) is 18.2 Å². The topological polar surface area (TPSA) is 89.5 Å². The number of anilines is 2. The van der Waals surface area contributed by atoms with Crippen molar-refractivity contribution in [2.45, 2.75) is 0 Å². The number of nitrogens with zero attached hydrogens (tertiary/aromatic N) is 2. The van der Waals surface area contributed by atoms with Gasteiger partial charge in [0.2, 0.25) is 11.7 Å². The Balaban J connectivity index is 1.62. The van der Waals surface area contributed by atoms with Crippen LogP contribution in [0.1, 0.15) is 5.56 Å². The summed E-state index contributed by atoms with van der Waals surface area (Å²) in [6.07, 6.45) is 1.62. The summed E-state index contributed by atoms with van der Waals surface area (Å²) < 4.78 is 16.2. The summed E-state index contributed by atoms with van der Waals surface area (Å²) in [5.74, 6) is 0.522. The van der Waals surface area contributed by atoms with Crippen LogP contribution >= 0.6 is 46.6 Å². The molecule has 1 heterocycles. The first-order valence-electron chi connectivity index (χ1n) is 11.3. The second-order valence-electron chi connectivity index (χ2n) is 7.94. The van der Waals surface area contributed by atoms with E-state index >= 15 is 0 Å². The number of carbonyl (C=O) groups excluding carboxylic acids is 2. The molecule has 4 rings (SSSR count). The number of benzene rings is 3. The van der Waals surface area contributed by atoms with E-state index in [1.54, 1.807) is 30.3 Å². The van der Waals surface area contributed by atoms with Crippen LogP contribution in [0.5, 0.6) is 17.2 Å². The number of amides is 2. The van der Waals surface area contributed by atoms with E-state index in [0.29, 0.717) is 39.4 Å². The average molecular weight is 607 g/mol. The first kappa shape index (κ1) is 28.6. The lowest BCUT2D eigenvalue weighted by Crippen LogP contribution is -2.31. The minimum absolute atomic E-state index is 0.0521. The summed E-state index contributed by atoms with van der Waals surface area (Å²) in [5, 5.41) is 3.82. The Kier molecular flexibility index (Phi) is 9.29. The van der Waals surface area contributed by atoms with E-state index in [-0.39, 0.29) is 38.3 Å². The summed E-state index contributed by atoms with van der Waals surface area (Å²) in [4.78, 5) is 32.2. The Morgan fingerprint density at radius 1 is 0.949 bits per heavy atom. The number of ether oxygens (including phenoxy) is 3. The fourth-order valence-electron chi connectivity index (χ4n) is 3.68. The Morgan fingerprint density at radius 3 is 2.21 bits per heavy atom. The van der Waals surface area contributed by atoms with Crippen molar-refractivity contribution in [1.29, 1.82) is 0 Å². The molecule has 0 unspecified atom stereocenters. The zero-order valence-electron chi connectivity index (χ0n) is 21.0. The van der Waals surface area contributed by atoms with Crippen molar-refractivity contribution in [3.05, 3.63) is 80.9 Å². The highest BCUT2D eigenvalue weighted by molar-refractivity contribution is 8.14. The number of methoxy groups -OCH3 is 3. The molecule has 3 aromatic rings. The van der Waals surface area contributed by atoms with Gasteiger partial charge in [-0.05, 0) is 48.0 Å². The van der Waals surface area contributed by atoms with E-state index in [1.165, 1.54) is 38.4 Å². The number of aliphatic imine (C=N–C) groups is 1. The Hall–Kier alpha value is -3.37. The van der Waals surface area contributed by atoms with Gasteiger partial charge >= 0.3 is 0 Å². The lowest BCUT2D eigenvalue weighted by molar-refractivity contribution is -0.114. The maximum absolute atomic E-state index is 13.5. The third-order valence-corrected chi connectivity index (χ3v) is 7.42. The van der Waals surface area contributed by atoms with Gasteiger partial charge in [-0.1, -0.05) is 64.8 Å². The highest BCUT2D eigenvalue weighted by Gasteiger charge is 2.32. The number of thioether (sulfide) groups is 1. The second kappa shape index (κ2) is 12.7. The number of carbonyl (C=O) groups is 2. The number of hydrogen-bond acceptors (Lipinski definition) is 7. The fourth-order valence-corrected chi connectivity index (χ4v) is 5.08. The number of hydrogen-bond donors (Lipinski definition) is 1. The van der Waals surface area contributed by atoms with Gasteiger partial charge in [-0.15, -0.1) is 0 Å². The molecule has 8 nitrogen and oxygen atoms in total. The van der Waals surface area contributed by atoms with Crippen LogP contribution in [0.15, 0.2) is 65.3 Å². The molecule has 0 saturated heterocycles. The molecule has 0 spiro atoms. The van der Waals surface area contributed by atoms with Crippen LogP contribution in [0.25, 0.3) is 6.08 Å². The smallest absolute Gasteiger partial charge is 0.283 e. The third-order valence-electron chi connectivity index (χ3n) is 5.45. The SMILES string of the molecule is COc1cc(C=C2N=C(SCC(=O)Nc3cc(Cl)c(Cl)cc3Cl)N(c3ccccc3)C2=O)cc(OC)c1OC. The molecule has 1 N–H and O–H groups in total. The van der Waals surface area contributed by atoms with Gasteiger partial charge in [0.15, 0.2) is 16.7 Å². The highest BCUT2D eigenvalue weighted by Crippen LogP contribution is 2.39. The quantitative estimate of drug-likeness (QED) is 0.224. The number of rotatable bonds is 8. The van der Waals surface area contributed by atoms with E-state index < -0.39 is 0 Å². The minimum Gasteiger partial charge on any atom is -0.493 e. The predicted molar refractivity (Wildman–Crippen MR) is 158 cm³/mol. The predicted octanol–water partition coefficient (Wildman–Crippen LogP) is 6.79. The van der Waals surface area contributed by atoms with Gasteiger partial charge in [-0.25, -0.2) is 4.99 Å². The molecule has 2 amide bonds. The zero-order valence-corrected chi connectivity index (χ0v) is 24.0. The van der Waals surface area contributed by atoms with Crippen LogP contribution in [0, 0.1) is 0 Å². The molecule has 3 aromatic carbocycles. The van der Waals surface area contributed by atoms with Crippen LogP contribution in [0.2, 0.25) is 15.1 Å². The maximum Gasteiger partial charge on any atom is 0.283 e. The summed E-state index contributed by atoms with van der Waals surface area (Å²) in [6.45, 7) is 0. The lowest BCUT2D eigenvalue weighted by Gasteiger charge is -2.17. The second-order valence-corrected chi connectivity index (χ2v) is 10.1. The molecule has 0 bridgehead atoms. The Morgan fingerprint density at radius 2 is 1.59 bits per heavy atom. The van der Waals surface area contributed by atoms with Gasteiger partial charge in [0.05, 0.1) is 53.5 Å². The van der Waals surface area contributed by atoms with E-state index in [4.69, 9.17) is 49.0 Å². The fraction of sp³-hybridized carbons (Fsp3) is 0.148. The van der Waals surface area contributed by atoms with Gasteiger partial charge in [0.25, 0.3) is 5.91 Å². The maximum atomic E-state index is 13.5. The van der Waals surface area contributed by atoms with Crippen molar-refractivity contribution in [3.63, 3.8) is 0 Å². The minimum atomic E-state index is -0.370. The molecule has 0 fully saturated rings. The van der Waals surface area contributed by atoms with Gasteiger partial charge < -0.3 is 19.5 Å². The van der Waals surface area contributed by atoms with E-state index in [9.17, 15) is 9.59 Å². The molecule has 0 atom stereocenters. The molecule has 39 heavy (non-hydrogen) atoms. The molecule has 1 aliphatic rings. The molecular formula is C27H22Cl3N3O5S. The number of amidine groups is 1. The molecule has 0 saturated carbocycles. The number of para-hydroxylation sites is 1. The molecule has 0 aromatic heterocycles. The third kappa shape index (κ3) is 6.45. The summed E-state index contributed by atoms with van der Waals surface area (Å²) in [5.41, 5.74) is 1.71. The summed E-state index contributed by atoms with van der Waals surface area (Å²) in [6, 6.07) is 15.4. The van der Waals surface area contributed by atoms with Crippen molar-refractivity contribution in [3.8, 4) is 17.2 Å². The number of nitrogens with one attached hydrogen (secondary N) is 1. The standard InChI is InChI=1S/C27H22Cl3N3O5S/c1-36-22-10-15(11-23(37-2)25(22)38-3)9-21-26(35)33(16-7-5-4-6-8-16)27(32-21)39-14-24(34)31-20-13-18(29)17(28)12-19(20)30/h4-13H,14H2,1-3H3,(H,31,34). The summed E-state index contributed by atoms with van der Waals surface area (Å²) in [7, 11) is 4.53. The first-order chi connectivity index (χ1) is 18.7. The summed E-state index contributed by atoms with van der Waals surface area (Å²) >= 11 is 19.3. The van der Waals surface area contributed by atoms with Crippen LogP contribution in [0.3, 0.4) is 0 Å². The first-order valence-corrected chi connectivity index (χ1v) is 13.4. The van der Waals surface area contributed by atoms with Gasteiger partial charge in [-0.3, -0.25) is 14.5 Å². The highest BCUT2D eigenvalue weighted by atomic mass is 35.5. The molecule has 1 aliphatic heterocycles. The van der Waals surface area contributed by atoms with Crippen molar-refractivity contribution < 1.29 is 23.8 Å². The normalized spacial score (nSPS) is 13.9. The average Bonchev–Trinajstić information content (AvgIpc) is 3.24. The van der Waals surface area contributed by atoms with E-state index in [2.05, 4.69) is 10.3 Å². The van der Waals surface area contributed by atoms with E-state index in [0.717, 1.165) is 11.8 Å². The Labute approximate surface area is 244 Å². The van der Waals surface area contributed by atoms with Crippen LogP contribution in [-0.2, 0) is 9.59 Å².